The van der Waals surface area contributed by atoms with E-state index in [1.165, 1.54) is 12.7 Å². The van der Waals surface area contributed by atoms with Gasteiger partial charge < -0.3 is 26.0 Å². The average Bonchev–Trinajstić information content (AvgIpc) is 3.69. The number of carbonyl (C=O) groups is 3. The number of amides is 2. The average molecular weight is 536 g/mol. The molecule has 2 heterocycles. The Morgan fingerprint density at radius 1 is 1.21 bits per heavy atom. The summed E-state index contributed by atoms with van der Waals surface area (Å²) in [6.07, 6.45) is 2.79. The van der Waals surface area contributed by atoms with Gasteiger partial charge in [-0.1, -0.05) is 24.3 Å². The van der Waals surface area contributed by atoms with Crippen LogP contribution in [0.2, 0.25) is 0 Å². The molecule has 11 nitrogen and oxygen atoms in total. The van der Waals surface area contributed by atoms with Crippen LogP contribution < -0.4 is 21.3 Å². The van der Waals surface area contributed by atoms with Crippen LogP contribution in [-0.4, -0.2) is 66.9 Å². The Kier molecular flexibility index (Phi) is 7.71. The number of ether oxygens (including phenoxy) is 1. The van der Waals surface area contributed by atoms with Crippen LogP contribution in [0.25, 0.3) is 10.9 Å². The second-order valence-corrected chi connectivity index (χ2v) is 9.67. The summed E-state index contributed by atoms with van der Waals surface area (Å²) in [5.74, 6) is -0.463. The first kappa shape index (κ1) is 26.1. The molecule has 0 bridgehead atoms. The van der Waals surface area contributed by atoms with Crippen LogP contribution in [0, 0.1) is 0 Å². The first-order valence-electron chi connectivity index (χ1n) is 12.8. The normalized spacial score (nSPS) is 17.5. The Balaban J connectivity index is 1.25. The third kappa shape index (κ3) is 6.51. The van der Waals surface area contributed by atoms with Crippen LogP contribution in [0.1, 0.15) is 52.7 Å². The van der Waals surface area contributed by atoms with Gasteiger partial charge in [0.05, 0.1) is 56.6 Å². The van der Waals surface area contributed by atoms with Crippen molar-refractivity contribution in [2.45, 2.75) is 37.4 Å². The molecule has 0 radical (unpaired) electrons. The van der Waals surface area contributed by atoms with Crippen molar-refractivity contribution in [3.63, 3.8) is 0 Å². The Morgan fingerprint density at radius 3 is 2.79 bits per heavy atom. The molecule has 2 aliphatic rings. The summed E-state index contributed by atoms with van der Waals surface area (Å²) in [6.45, 7) is -0.118. The van der Waals surface area contributed by atoms with E-state index in [-0.39, 0.29) is 31.6 Å². The molecule has 1 aliphatic heterocycles. The number of hydrogen-bond acceptors (Lipinski definition) is 8. The van der Waals surface area contributed by atoms with Crippen molar-refractivity contribution in [2.24, 2.45) is 4.99 Å². The van der Waals surface area contributed by atoms with Crippen molar-refractivity contribution in [3.05, 3.63) is 59.3 Å². The summed E-state index contributed by atoms with van der Waals surface area (Å²) in [5, 5.41) is 19.0. The Labute approximate surface area is 224 Å². The maximum absolute atomic E-state index is 13.4. The van der Waals surface area contributed by atoms with Gasteiger partial charge in [0.2, 0.25) is 5.91 Å². The van der Waals surface area contributed by atoms with Gasteiger partial charge in [-0.05, 0) is 42.0 Å². The van der Waals surface area contributed by atoms with Gasteiger partial charge in [-0.25, -0.2) is 9.38 Å². The van der Waals surface area contributed by atoms with Crippen LogP contribution in [-0.2, 0) is 14.3 Å². The highest BCUT2D eigenvalue weighted by Crippen LogP contribution is 2.40. The molecule has 1 fully saturated rings. The van der Waals surface area contributed by atoms with Crippen LogP contribution >= 0.6 is 0 Å². The lowest BCUT2D eigenvalue weighted by Crippen LogP contribution is -2.41. The zero-order valence-electron chi connectivity index (χ0n) is 21.4. The highest BCUT2D eigenvalue weighted by atomic mass is 19.1. The van der Waals surface area contributed by atoms with E-state index in [9.17, 15) is 18.8 Å². The third-order valence-electron chi connectivity index (χ3n) is 6.72. The largest absolute Gasteiger partial charge is 0.469 e. The number of anilines is 1. The number of halogens is 1. The lowest BCUT2D eigenvalue weighted by Gasteiger charge is -2.20. The molecule has 1 aromatic heterocycles. The molecule has 1 saturated carbocycles. The zero-order chi connectivity index (χ0) is 27.4. The molecule has 12 heteroatoms. The van der Waals surface area contributed by atoms with Crippen LogP contribution in [0.3, 0.4) is 0 Å². The molecule has 3 aromatic rings. The first-order chi connectivity index (χ1) is 18.9. The number of alkyl halides is 1. The Morgan fingerprint density at radius 2 is 2.05 bits per heavy atom. The van der Waals surface area contributed by atoms with Crippen molar-refractivity contribution in [2.75, 3.05) is 32.1 Å². The third-order valence-corrected chi connectivity index (χ3v) is 6.72. The molecule has 5 N–H and O–H groups in total. The summed E-state index contributed by atoms with van der Waals surface area (Å²) >= 11 is 0. The zero-order valence-corrected chi connectivity index (χ0v) is 21.4. The van der Waals surface area contributed by atoms with Crippen LogP contribution in [0.5, 0.6) is 0 Å². The van der Waals surface area contributed by atoms with Gasteiger partial charge in [-0.15, -0.1) is 0 Å². The molecule has 2 atom stereocenters. The minimum atomic E-state index is -1.05. The van der Waals surface area contributed by atoms with Crippen molar-refractivity contribution >= 4 is 40.3 Å². The van der Waals surface area contributed by atoms with Gasteiger partial charge in [0.1, 0.15) is 6.17 Å². The van der Waals surface area contributed by atoms with Crippen molar-refractivity contribution in [1.29, 1.82) is 0 Å². The van der Waals surface area contributed by atoms with E-state index < -0.39 is 30.0 Å². The Hall–Kier alpha value is -4.48. The van der Waals surface area contributed by atoms with E-state index in [1.807, 2.05) is 24.3 Å². The second-order valence-electron chi connectivity index (χ2n) is 9.67. The van der Waals surface area contributed by atoms with E-state index in [4.69, 9.17) is 4.74 Å². The number of aliphatic imine (C=N–C) groups is 1. The molecular weight excluding hydrogens is 505 g/mol. The molecule has 0 spiro atoms. The van der Waals surface area contributed by atoms with Crippen molar-refractivity contribution in [1.82, 2.24) is 26.1 Å². The number of fused-ring (bicyclic) bond motifs is 1. The number of rotatable bonds is 9. The molecule has 2 aromatic carbocycles. The number of aromatic amines is 1. The number of nitrogens with one attached hydrogen (secondary N) is 5. The monoisotopic (exact) mass is 535 g/mol. The van der Waals surface area contributed by atoms with Gasteiger partial charge in [0.25, 0.3) is 5.91 Å². The first-order valence-corrected chi connectivity index (χ1v) is 12.8. The molecule has 204 valence electrons. The lowest BCUT2D eigenvalue weighted by molar-refractivity contribution is -0.141. The topological polar surface area (TPSA) is 150 Å². The summed E-state index contributed by atoms with van der Waals surface area (Å²) in [4.78, 5) is 42.0. The van der Waals surface area contributed by atoms with Gasteiger partial charge >= 0.3 is 5.97 Å². The highest BCUT2D eigenvalue weighted by molar-refractivity contribution is 6.07. The SMILES string of the molecule is COC(=O)C[C@H](NC(=O)CNC(=O)c1cc(NC2=NCC(F)CN2)c2cn[nH]c2c1)c1cccc(C2CC2)c1. The Bertz CT molecular complexity index is 1420. The number of hydrogen-bond donors (Lipinski definition) is 5. The fraction of sp³-hybridized carbons (Fsp3) is 0.370. The quantitative estimate of drug-likeness (QED) is 0.264. The van der Waals surface area contributed by atoms with Crippen molar-refractivity contribution < 1.29 is 23.5 Å². The van der Waals surface area contributed by atoms with E-state index in [0.29, 0.717) is 23.1 Å². The lowest BCUT2D eigenvalue weighted by atomic mass is 9.99. The van der Waals surface area contributed by atoms with E-state index in [1.54, 1.807) is 18.3 Å². The predicted octanol–water partition coefficient (Wildman–Crippen LogP) is 2.30. The van der Waals surface area contributed by atoms with Gasteiger partial charge in [-0.2, -0.15) is 5.10 Å². The smallest absolute Gasteiger partial charge is 0.307 e. The number of guanidine groups is 1. The maximum Gasteiger partial charge on any atom is 0.307 e. The summed E-state index contributed by atoms with van der Waals surface area (Å²) in [6, 6.07) is 10.5. The number of methoxy groups -OCH3 is 1. The highest BCUT2D eigenvalue weighted by Gasteiger charge is 2.26. The fourth-order valence-corrected chi connectivity index (χ4v) is 4.47. The molecule has 39 heavy (non-hydrogen) atoms. The number of benzene rings is 2. The minimum Gasteiger partial charge on any atom is -0.469 e. The molecule has 5 rings (SSSR count). The van der Waals surface area contributed by atoms with Gasteiger partial charge in [-0.3, -0.25) is 19.5 Å². The molecule has 1 unspecified atom stereocenters. The number of esters is 1. The number of carbonyl (C=O) groups excluding carboxylic acids is 3. The molecule has 0 saturated heterocycles. The van der Waals surface area contributed by atoms with Crippen molar-refractivity contribution in [3.8, 4) is 0 Å². The number of nitrogens with zero attached hydrogens (tertiary/aromatic N) is 2. The maximum atomic E-state index is 13.4. The van der Waals surface area contributed by atoms with Gasteiger partial charge in [0, 0.05) is 10.9 Å². The van der Waals surface area contributed by atoms with E-state index in [2.05, 4.69) is 36.5 Å². The summed E-state index contributed by atoms with van der Waals surface area (Å²) in [5.41, 5.74) is 3.42. The minimum absolute atomic E-state index is 0.0309. The summed E-state index contributed by atoms with van der Waals surface area (Å²) < 4.78 is 18.2. The fourth-order valence-electron chi connectivity index (χ4n) is 4.47. The summed E-state index contributed by atoms with van der Waals surface area (Å²) in [7, 11) is 1.30. The van der Waals surface area contributed by atoms with E-state index in [0.717, 1.165) is 23.8 Å². The standard InChI is InChI=1S/C27H30FN7O4/c1-39-25(37)10-21(17-4-2-3-16(7-17)15-5-6-15)33-24(36)14-29-26(38)18-8-22(20-13-32-35-23(20)9-18)34-27-30-11-19(28)12-31-27/h2-4,7-9,13,15,19,21H,5-6,10-12,14H2,1H3,(H,29,38)(H,32,35)(H,33,36)(H2,30,31,34)/t21-/m0/s1. The molecule has 2 amide bonds. The molecular formula is C27H30FN7O4. The van der Waals surface area contributed by atoms with Gasteiger partial charge in [0.15, 0.2) is 5.96 Å². The second kappa shape index (κ2) is 11.5. The van der Waals surface area contributed by atoms with Crippen LogP contribution in [0.15, 0.2) is 47.6 Å². The van der Waals surface area contributed by atoms with Crippen LogP contribution in [0.4, 0.5) is 10.1 Å². The number of aromatic nitrogens is 2. The number of H-pyrrole nitrogens is 1. The molecule has 1 aliphatic carbocycles. The van der Waals surface area contributed by atoms with E-state index >= 15 is 0 Å². The predicted molar refractivity (Wildman–Crippen MR) is 143 cm³/mol.